The number of anilines is 1. The maximum absolute atomic E-state index is 13.3. The highest BCUT2D eigenvalue weighted by Gasteiger charge is 2.46. The van der Waals surface area contributed by atoms with Crippen LogP contribution in [0, 0.1) is 5.82 Å². The molecule has 3 nitrogen and oxygen atoms in total. The predicted molar refractivity (Wildman–Crippen MR) is 63.6 cm³/mol. The fourth-order valence-corrected chi connectivity index (χ4v) is 1.65. The van der Waals surface area contributed by atoms with Gasteiger partial charge in [-0.2, -0.15) is 8.78 Å². The summed E-state index contributed by atoms with van der Waals surface area (Å²) in [5.74, 6) is -6.46. The van der Waals surface area contributed by atoms with Gasteiger partial charge in [0.25, 0.3) is 0 Å². The smallest absolute Gasteiger partial charge is 0.365 e. The molecule has 8 heteroatoms. The fraction of sp³-hybridized carbons (Fsp3) is 0.333. The van der Waals surface area contributed by atoms with Crippen molar-refractivity contribution in [2.75, 3.05) is 11.9 Å². The van der Waals surface area contributed by atoms with Crippen molar-refractivity contribution in [2.45, 2.75) is 19.3 Å². The number of hydrogen-bond acceptors (Lipinski definition) is 3. The third-order valence-electron chi connectivity index (χ3n) is 2.57. The minimum absolute atomic E-state index is 0.0346. The number of hydrogen-bond donors (Lipinski definition) is 1. The molecule has 2 aromatic rings. The first-order valence-electron chi connectivity index (χ1n) is 5.74. The highest BCUT2D eigenvalue weighted by atomic mass is 19.3. The Morgan fingerprint density at radius 1 is 1.25 bits per heavy atom. The normalized spacial score (nSPS) is 12.2. The molecule has 0 saturated carbocycles. The first kappa shape index (κ1) is 14.4. The van der Waals surface area contributed by atoms with Crippen LogP contribution in [-0.2, 0) is 5.92 Å². The van der Waals surface area contributed by atoms with Gasteiger partial charge in [0.05, 0.1) is 5.52 Å². The molecule has 0 atom stereocenters. The van der Waals surface area contributed by atoms with Gasteiger partial charge in [-0.05, 0) is 25.1 Å². The Labute approximate surface area is 110 Å². The molecule has 1 aromatic heterocycles. The second-order valence-electron chi connectivity index (χ2n) is 4.01. The molecule has 0 unspecified atom stereocenters. The van der Waals surface area contributed by atoms with Gasteiger partial charge in [-0.1, -0.05) is 0 Å². The SMILES string of the molecule is CCNc1nc(C(F)(F)C(F)F)nc2ccc(F)cc12. The van der Waals surface area contributed by atoms with Crippen LogP contribution in [0.15, 0.2) is 18.2 Å². The molecule has 1 heterocycles. The summed E-state index contributed by atoms with van der Waals surface area (Å²) < 4.78 is 64.6. The minimum atomic E-state index is -4.47. The van der Waals surface area contributed by atoms with Crippen molar-refractivity contribution >= 4 is 16.7 Å². The number of fused-ring (bicyclic) bond motifs is 1. The Hall–Kier alpha value is -1.99. The molecule has 0 radical (unpaired) electrons. The standard InChI is InChI=1S/C12H10F5N3/c1-2-18-9-7-5-6(13)3-4-8(7)19-11(20-9)12(16,17)10(14)15/h3-5,10H,2H2,1H3,(H,18,19,20). The van der Waals surface area contributed by atoms with Crippen molar-refractivity contribution in [1.29, 1.82) is 0 Å². The van der Waals surface area contributed by atoms with Crippen LogP contribution in [0.4, 0.5) is 27.8 Å². The maximum atomic E-state index is 13.3. The van der Waals surface area contributed by atoms with E-state index in [2.05, 4.69) is 15.3 Å². The summed E-state index contributed by atoms with van der Waals surface area (Å²) in [6.45, 7) is 1.97. The molecule has 0 aliphatic rings. The van der Waals surface area contributed by atoms with E-state index in [1.807, 2.05) is 0 Å². The second kappa shape index (κ2) is 5.18. The van der Waals surface area contributed by atoms with Crippen LogP contribution in [0.5, 0.6) is 0 Å². The average molecular weight is 291 g/mol. The van der Waals surface area contributed by atoms with Crippen LogP contribution in [0.25, 0.3) is 10.9 Å². The van der Waals surface area contributed by atoms with Gasteiger partial charge in [0.2, 0.25) is 5.82 Å². The summed E-state index contributed by atoms with van der Waals surface area (Å²) in [5.41, 5.74) is -0.0346. The van der Waals surface area contributed by atoms with Crippen molar-refractivity contribution in [3.8, 4) is 0 Å². The van der Waals surface area contributed by atoms with Crippen LogP contribution >= 0.6 is 0 Å². The summed E-state index contributed by atoms with van der Waals surface area (Å²) in [5, 5.41) is 2.79. The molecule has 0 aliphatic heterocycles. The largest absolute Gasteiger partial charge is 0.370 e. The van der Waals surface area contributed by atoms with E-state index >= 15 is 0 Å². The molecule has 1 aromatic carbocycles. The molecule has 0 bridgehead atoms. The Kier molecular flexibility index (Phi) is 3.74. The number of nitrogens with one attached hydrogen (secondary N) is 1. The Balaban J connectivity index is 2.68. The zero-order chi connectivity index (χ0) is 14.9. The van der Waals surface area contributed by atoms with Gasteiger partial charge in [-0.25, -0.2) is 23.1 Å². The monoisotopic (exact) mass is 291 g/mol. The number of aromatic nitrogens is 2. The van der Waals surface area contributed by atoms with Gasteiger partial charge >= 0.3 is 12.3 Å². The van der Waals surface area contributed by atoms with Crippen LogP contribution < -0.4 is 5.32 Å². The van der Waals surface area contributed by atoms with Crippen molar-refractivity contribution in [3.05, 3.63) is 29.8 Å². The first-order valence-corrected chi connectivity index (χ1v) is 5.74. The van der Waals surface area contributed by atoms with E-state index in [1.165, 1.54) is 0 Å². The lowest BCUT2D eigenvalue weighted by Gasteiger charge is -2.16. The number of halogens is 5. The lowest BCUT2D eigenvalue weighted by molar-refractivity contribution is -0.140. The zero-order valence-electron chi connectivity index (χ0n) is 10.3. The van der Waals surface area contributed by atoms with Crippen LogP contribution in [0.1, 0.15) is 12.7 Å². The van der Waals surface area contributed by atoms with Crippen molar-refractivity contribution in [3.63, 3.8) is 0 Å². The number of alkyl halides is 4. The lowest BCUT2D eigenvalue weighted by atomic mass is 10.2. The predicted octanol–water partition coefficient (Wildman–Crippen LogP) is 3.56. The topological polar surface area (TPSA) is 37.8 Å². The van der Waals surface area contributed by atoms with Gasteiger partial charge in [-0.15, -0.1) is 0 Å². The average Bonchev–Trinajstić information content (AvgIpc) is 2.39. The second-order valence-corrected chi connectivity index (χ2v) is 4.01. The highest BCUT2D eigenvalue weighted by Crippen LogP contribution is 2.34. The molecule has 0 spiro atoms. The van der Waals surface area contributed by atoms with E-state index in [0.29, 0.717) is 6.54 Å². The maximum Gasteiger partial charge on any atom is 0.365 e. The quantitative estimate of drug-likeness (QED) is 0.875. The number of benzene rings is 1. The molecule has 0 aliphatic carbocycles. The van der Waals surface area contributed by atoms with E-state index in [0.717, 1.165) is 18.2 Å². The first-order chi connectivity index (χ1) is 9.36. The third kappa shape index (κ3) is 2.50. The van der Waals surface area contributed by atoms with Crippen molar-refractivity contribution in [2.24, 2.45) is 0 Å². The number of rotatable bonds is 4. The van der Waals surface area contributed by atoms with E-state index < -0.39 is 24.0 Å². The van der Waals surface area contributed by atoms with Gasteiger partial charge in [-0.3, -0.25) is 0 Å². The minimum Gasteiger partial charge on any atom is -0.370 e. The fourth-order valence-electron chi connectivity index (χ4n) is 1.65. The van der Waals surface area contributed by atoms with Crippen LogP contribution in [0.3, 0.4) is 0 Å². The molecular formula is C12H10F5N3. The van der Waals surface area contributed by atoms with E-state index in [9.17, 15) is 22.0 Å². The highest BCUT2D eigenvalue weighted by molar-refractivity contribution is 5.89. The molecule has 0 amide bonds. The van der Waals surface area contributed by atoms with E-state index in [-0.39, 0.29) is 16.7 Å². The third-order valence-corrected chi connectivity index (χ3v) is 2.57. The van der Waals surface area contributed by atoms with Crippen molar-refractivity contribution < 1.29 is 22.0 Å². The summed E-state index contributed by atoms with van der Waals surface area (Å²) in [6.07, 6.45) is -3.92. The Morgan fingerprint density at radius 2 is 1.95 bits per heavy atom. The van der Waals surface area contributed by atoms with E-state index in [4.69, 9.17) is 0 Å². The molecule has 0 fully saturated rings. The Bertz CT molecular complexity index is 630. The zero-order valence-corrected chi connectivity index (χ0v) is 10.3. The van der Waals surface area contributed by atoms with Crippen molar-refractivity contribution in [1.82, 2.24) is 9.97 Å². The van der Waals surface area contributed by atoms with Gasteiger partial charge in [0.15, 0.2) is 0 Å². The van der Waals surface area contributed by atoms with E-state index in [1.54, 1.807) is 6.92 Å². The van der Waals surface area contributed by atoms with Gasteiger partial charge in [0, 0.05) is 11.9 Å². The summed E-state index contributed by atoms with van der Waals surface area (Å²) >= 11 is 0. The molecule has 2 rings (SSSR count). The molecular weight excluding hydrogens is 281 g/mol. The van der Waals surface area contributed by atoms with Crippen LogP contribution in [0.2, 0.25) is 0 Å². The molecule has 0 saturated heterocycles. The molecule has 108 valence electrons. The van der Waals surface area contributed by atoms with Crippen LogP contribution in [-0.4, -0.2) is 22.9 Å². The molecule has 1 N–H and O–H groups in total. The summed E-state index contributed by atoms with van der Waals surface area (Å²) in [4.78, 5) is 6.81. The van der Waals surface area contributed by atoms with Gasteiger partial charge in [0.1, 0.15) is 11.6 Å². The summed E-state index contributed by atoms with van der Waals surface area (Å²) in [7, 11) is 0. The summed E-state index contributed by atoms with van der Waals surface area (Å²) in [6, 6.07) is 3.20. The Morgan fingerprint density at radius 3 is 2.55 bits per heavy atom. The number of nitrogens with zero attached hydrogens (tertiary/aromatic N) is 2. The van der Waals surface area contributed by atoms with Gasteiger partial charge < -0.3 is 5.32 Å². The molecule has 20 heavy (non-hydrogen) atoms. The lowest BCUT2D eigenvalue weighted by Crippen LogP contribution is -2.27.